The first kappa shape index (κ1) is 23.3. The minimum Gasteiger partial charge on any atom is -0.494 e. The minimum absolute atomic E-state index is 0.129. The van der Waals surface area contributed by atoms with Crippen LogP contribution in [0.5, 0.6) is 5.75 Å². The van der Waals surface area contributed by atoms with Crippen molar-refractivity contribution in [3.8, 4) is 5.75 Å². The first-order valence-corrected chi connectivity index (χ1v) is 12.0. The van der Waals surface area contributed by atoms with Gasteiger partial charge >= 0.3 is 0 Å². The summed E-state index contributed by atoms with van der Waals surface area (Å²) in [5, 5.41) is 2.82. The van der Waals surface area contributed by atoms with Gasteiger partial charge in [0.15, 0.2) is 0 Å². The fraction of sp³-hybridized carbons (Fsp3) is 0.240. The summed E-state index contributed by atoms with van der Waals surface area (Å²) in [6.45, 7) is 6.20. The van der Waals surface area contributed by atoms with E-state index in [4.69, 9.17) is 4.74 Å². The maximum absolute atomic E-state index is 12.8. The molecule has 0 atom stereocenters. The van der Waals surface area contributed by atoms with Crippen LogP contribution in [0.25, 0.3) is 0 Å². The van der Waals surface area contributed by atoms with Crippen LogP contribution in [0, 0.1) is 13.8 Å². The van der Waals surface area contributed by atoms with E-state index >= 15 is 0 Å². The lowest BCUT2D eigenvalue weighted by Gasteiger charge is -2.13. The molecule has 1 amide bonds. The molecule has 3 rings (SSSR count). The van der Waals surface area contributed by atoms with E-state index in [9.17, 15) is 13.2 Å². The third-order valence-electron chi connectivity index (χ3n) is 5.06. The lowest BCUT2D eigenvalue weighted by molar-refractivity contribution is -0.116. The molecule has 32 heavy (non-hydrogen) atoms. The number of amides is 1. The monoisotopic (exact) mass is 452 g/mol. The minimum atomic E-state index is -3.74. The van der Waals surface area contributed by atoms with Crippen molar-refractivity contribution in [1.29, 1.82) is 0 Å². The van der Waals surface area contributed by atoms with Crippen molar-refractivity contribution in [3.05, 3.63) is 83.4 Å². The SMILES string of the molecule is CCOc1ccccc1CCC(=O)Nc1ccc(S(=O)(=O)Nc2c(C)cccc2C)cc1. The zero-order valence-corrected chi connectivity index (χ0v) is 19.3. The third-order valence-corrected chi connectivity index (χ3v) is 6.43. The van der Waals surface area contributed by atoms with Crippen LogP contribution >= 0.6 is 0 Å². The van der Waals surface area contributed by atoms with E-state index in [1.54, 1.807) is 12.1 Å². The van der Waals surface area contributed by atoms with Gasteiger partial charge in [-0.15, -0.1) is 0 Å². The number of carbonyl (C=O) groups is 1. The molecule has 0 unspecified atom stereocenters. The van der Waals surface area contributed by atoms with Crippen LogP contribution < -0.4 is 14.8 Å². The van der Waals surface area contributed by atoms with Crippen molar-refractivity contribution in [1.82, 2.24) is 0 Å². The van der Waals surface area contributed by atoms with Gasteiger partial charge in [0.25, 0.3) is 10.0 Å². The van der Waals surface area contributed by atoms with E-state index in [1.165, 1.54) is 12.1 Å². The van der Waals surface area contributed by atoms with Crippen LogP contribution in [-0.4, -0.2) is 20.9 Å². The fourth-order valence-corrected chi connectivity index (χ4v) is 4.57. The molecule has 0 saturated carbocycles. The van der Waals surface area contributed by atoms with E-state index in [2.05, 4.69) is 10.0 Å². The number of sulfonamides is 1. The molecular formula is C25H28N2O4S. The lowest BCUT2D eigenvalue weighted by Crippen LogP contribution is -2.15. The highest BCUT2D eigenvalue weighted by Crippen LogP contribution is 2.24. The molecule has 3 aromatic rings. The number of ether oxygens (including phenoxy) is 1. The van der Waals surface area contributed by atoms with Crippen LogP contribution in [0.1, 0.15) is 30.0 Å². The van der Waals surface area contributed by atoms with E-state index in [-0.39, 0.29) is 17.2 Å². The molecule has 2 N–H and O–H groups in total. The van der Waals surface area contributed by atoms with Crippen LogP contribution in [0.15, 0.2) is 71.6 Å². The van der Waals surface area contributed by atoms with Crippen molar-refractivity contribution in [3.63, 3.8) is 0 Å². The smallest absolute Gasteiger partial charge is 0.261 e. The largest absolute Gasteiger partial charge is 0.494 e. The molecule has 0 saturated heterocycles. The molecule has 0 heterocycles. The van der Waals surface area contributed by atoms with Gasteiger partial charge in [0.1, 0.15) is 5.75 Å². The fourth-order valence-electron chi connectivity index (χ4n) is 3.36. The van der Waals surface area contributed by atoms with Crippen LogP contribution in [0.2, 0.25) is 0 Å². The van der Waals surface area contributed by atoms with Crippen LogP contribution in [-0.2, 0) is 21.2 Å². The maximum atomic E-state index is 12.8. The second-order valence-corrected chi connectivity index (χ2v) is 9.17. The Kier molecular flexibility index (Phi) is 7.53. The summed E-state index contributed by atoms with van der Waals surface area (Å²) in [5.74, 6) is 0.634. The van der Waals surface area contributed by atoms with Gasteiger partial charge in [-0.1, -0.05) is 36.4 Å². The van der Waals surface area contributed by atoms with Gasteiger partial charge < -0.3 is 10.1 Å². The predicted octanol–water partition coefficient (Wildman–Crippen LogP) is 5.07. The Morgan fingerprint density at radius 1 is 0.906 bits per heavy atom. The number of nitrogens with one attached hydrogen (secondary N) is 2. The standard InChI is InChI=1S/C25H28N2O4S/c1-4-31-23-11-6-5-10-20(23)12-17-24(28)26-21-13-15-22(16-14-21)32(29,30)27-25-18(2)8-7-9-19(25)3/h5-11,13-16,27H,4,12,17H2,1-3H3,(H,26,28). The molecule has 0 fully saturated rings. The number of benzene rings is 3. The average Bonchev–Trinajstić information content (AvgIpc) is 2.76. The number of aryl methyl sites for hydroxylation is 3. The second kappa shape index (κ2) is 10.3. The number of carbonyl (C=O) groups excluding carboxylic acids is 1. The number of hydrogen-bond donors (Lipinski definition) is 2. The van der Waals surface area contributed by atoms with E-state index in [1.807, 2.05) is 63.2 Å². The van der Waals surface area contributed by atoms with Gasteiger partial charge in [-0.05, 0) is 74.2 Å². The predicted molar refractivity (Wildman–Crippen MR) is 128 cm³/mol. The second-order valence-electron chi connectivity index (χ2n) is 7.49. The molecule has 0 aliphatic carbocycles. The average molecular weight is 453 g/mol. The van der Waals surface area contributed by atoms with E-state index < -0.39 is 10.0 Å². The number of para-hydroxylation sites is 2. The summed E-state index contributed by atoms with van der Waals surface area (Å²) in [5.41, 5.74) is 3.80. The third kappa shape index (κ3) is 5.88. The quantitative estimate of drug-likeness (QED) is 0.474. The van der Waals surface area contributed by atoms with Gasteiger partial charge in [-0.3, -0.25) is 9.52 Å². The summed E-state index contributed by atoms with van der Waals surface area (Å²) in [4.78, 5) is 12.5. The first-order chi connectivity index (χ1) is 15.3. The maximum Gasteiger partial charge on any atom is 0.261 e. The van der Waals surface area contributed by atoms with Crippen molar-refractivity contribution in [2.24, 2.45) is 0 Å². The van der Waals surface area contributed by atoms with Gasteiger partial charge in [0.2, 0.25) is 5.91 Å². The number of rotatable bonds is 9. The van der Waals surface area contributed by atoms with Gasteiger partial charge in [0, 0.05) is 12.1 Å². The Balaban J connectivity index is 1.62. The molecular weight excluding hydrogens is 424 g/mol. The lowest BCUT2D eigenvalue weighted by atomic mass is 10.1. The van der Waals surface area contributed by atoms with Crippen molar-refractivity contribution in [2.75, 3.05) is 16.6 Å². The molecule has 7 heteroatoms. The number of hydrogen-bond acceptors (Lipinski definition) is 4. The topological polar surface area (TPSA) is 84.5 Å². The highest BCUT2D eigenvalue weighted by molar-refractivity contribution is 7.92. The molecule has 0 bridgehead atoms. The van der Waals surface area contributed by atoms with Crippen LogP contribution in [0.3, 0.4) is 0 Å². The Morgan fingerprint density at radius 2 is 1.56 bits per heavy atom. The van der Waals surface area contributed by atoms with Crippen molar-refractivity contribution in [2.45, 2.75) is 38.5 Å². The van der Waals surface area contributed by atoms with E-state index in [0.717, 1.165) is 22.4 Å². The Morgan fingerprint density at radius 3 is 2.22 bits per heavy atom. The molecule has 0 spiro atoms. The zero-order chi connectivity index (χ0) is 23.1. The highest BCUT2D eigenvalue weighted by atomic mass is 32.2. The van der Waals surface area contributed by atoms with Gasteiger partial charge in [-0.2, -0.15) is 0 Å². The summed E-state index contributed by atoms with van der Waals surface area (Å²) in [7, 11) is -3.74. The molecule has 0 aromatic heterocycles. The summed E-state index contributed by atoms with van der Waals surface area (Å²) < 4.78 is 33.8. The normalized spacial score (nSPS) is 11.1. The first-order valence-electron chi connectivity index (χ1n) is 10.5. The van der Waals surface area contributed by atoms with E-state index in [0.29, 0.717) is 24.4 Å². The van der Waals surface area contributed by atoms with Crippen LogP contribution in [0.4, 0.5) is 11.4 Å². The van der Waals surface area contributed by atoms with Gasteiger partial charge in [0.05, 0.1) is 17.2 Å². The summed E-state index contributed by atoms with van der Waals surface area (Å²) in [6, 6.07) is 19.4. The molecule has 0 radical (unpaired) electrons. The molecule has 3 aromatic carbocycles. The van der Waals surface area contributed by atoms with Crippen molar-refractivity contribution < 1.29 is 17.9 Å². The zero-order valence-electron chi connectivity index (χ0n) is 18.5. The molecule has 6 nitrogen and oxygen atoms in total. The Labute approximate surface area is 189 Å². The summed E-state index contributed by atoms with van der Waals surface area (Å²) in [6.07, 6.45) is 0.840. The molecule has 168 valence electrons. The molecule has 0 aliphatic rings. The highest BCUT2D eigenvalue weighted by Gasteiger charge is 2.16. The Bertz CT molecular complexity index is 1170. The summed E-state index contributed by atoms with van der Waals surface area (Å²) >= 11 is 0. The van der Waals surface area contributed by atoms with Crippen molar-refractivity contribution >= 4 is 27.3 Å². The van der Waals surface area contributed by atoms with Gasteiger partial charge in [-0.25, -0.2) is 8.42 Å². The molecule has 0 aliphatic heterocycles. The Hall–Kier alpha value is -3.32. The number of anilines is 2.